The Morgan fingerprint density at radius 1 is 1.36 bits per heavy atom. The van der Waals surface area contributed by atoms with Crippen LogP contribution < -0.4 is 11.1 Å². The van der Waals surface area contributed by atoms with Crippen LogP contribution in [-0.2, 0) is 11.8 Å². The molecule has 1 aromatic carbocycles. The van der Waals surface area contributed by atoms with Gasteiger partial charge in [0.2, 0.25) is 0 Å². The highest BCUT2D eigenvalue weighted by atomic mass is 16.6. The Morgan fingerprint density at radius 3 is 2.68 bits per heavy atom. The molecule has 0 spiro atoms. The first-order valence-electron chi connectivity index (χ1n) is 6.89. The van der Waals surface area contributed by atoms with Crippen LogP contribution in [0.4, 0.5) is 10.5 Å². The van der Waals surface area contributed by atoms with Crippen LogP contribution in [0.1, 0.15) is 28.3 Å². The van der Waals surface area contributed by atoms with Crippen LogP contribution >= 0.6 is 0 Å². The maximum absolute atomic E-state index is 12.1. The summed E-state index contributed by atoms with van der Waals surface area (Å²) in [6.45, 7) is 0. The topological polar surface area (TPSA) is 99.2 Å². The van der Waals surface area contributed by atoms with E-state index >= 15 is 0 Å². The molecule has 0 aliphatic heterocycles. The molecular weight excluding hydrogens is 284 g/mol. The Bertz CT molecular complexity index is 708. The summed E-state index contributed by atoms with van der Waals surface area (Å²) >= 11 is 0. The average molecular weight is 300 g/mol. The van der Waals surface area contributed by atoms with Gasteiger partial charge in [-0.3, -0.25) is 9.48 Å². The minimum atomic E-state index is -0.750. The number of aryl methyl sites for hydroxylation is 1. The first-order chi connectivity index (χ1) is 10.5. The van der Waals surface area contributed by atoms with Gasteiger partial charge < -0.3 is 15.8 Å². The first-order valence-corrected chi connectivity index (χ1v) is 6.89. The van der Waals surface area contributed by atoms with E-state index in [4.69, 9.17) is 10.5 Å². The molecule has 1 fully saturated rings. The summed E-state index contributed by atoms with van der Waals surface area (Å²) in [6, 6.07) is 7.24. The van der Waals surface area contributed by atoms with Crippen molar-refractivity contribution in [3.05, 3.63) is 47.8 Å². The second-order valence-electron chi connectivity index (χ2n) is 5.30. The van der Waals surface area contributed by atoms with Gasteiger partial charge in [-0.1, -0.05) is 12.1 Å². The fraction of sp³-hybridized carbons (Fsp3) is 0.267. The van der Waals surface area contributed by atoms with Gasteiger partial charge in [0, 0.05) is 24.7 Å². The maximum atomic E-state index is 12.1. The Hall–Kier alpha value is -2.83. The largest absolute Gasteiger partial charge is 0.446 e. The number of rotatable bonds is 4. The predicted octanol–water partition coefficient (Wildman–Crippen LogP) is 1.62. The lowest BCUT2D eigenvalue weighted by molar-refractivity contribution is 0.102. The lowest BCUT2D eigenvalue weighted by Crippen LogP contribution is -2.15. The maximum Gasteiger partial charge on any atom is 0.404 e. The third kappa shape index (κ3) is 3.08. The molecule has 2 amide bonds. The summed E-state index contributed by atoms with van der Waals surface area (Å²) in [4.78, 5) is 22.8. The molecule has 2 unspecified atom stereocenters. The number of benzene rings is 1. The van der Waals surface area contributed by atoms with E-state index in [2.05, 4.69) is 10.4 Å². The molecule has 22 heavy (non-hydrogen) atoms. The van der Waals surface area contributed by atoms with E-state index < -0.39 is 6.09 Å². The van der Waals surface area contributed by atoms with Crippen molar-refractivity contribution in [1.82, 2.24) is 9.78 Å². The van der Waals surface area contributed by atoms with Gasteiger partial charge in [-0.15, -0.1) is 0 Å². The molecule has 1 saturated carbocycles. The van der Waals surface area contributed by atoms with E-state index in [0.717, 1.165) is 12.0 Å². The van der Waals surface area contributed by atoms with Crippen molar-refractivity contribution >= 4 is 17.7 Å². The standard InChI is InChI=1S/C15H16N4O3/c1-19-8-11(7-17-19)18-14(20)10-4-2-9(3-5-10)12-6-13(12)22-15(16)21/h2-5,7-8,12-13H,6H2,1H3,(H2,16,21)(H,18,20). The number of carbonyl (C=O) groups excluding carboxylic acids is 2. The molecule has 7 nitrogen and oxygen atoms in total. The van der Waals surface area contributed by atoms with E-state index in [-0.39, 0.29) is 17.9 Å². The number of hydrogen-bond acceptors (Lipinski definition) is 4. The average Bonchev–Trinajstić information content (AvgIpc) is 3.11. The van der Waals surface area contributed by atoms with Crippen LogP contribution in [0.2, 0.25) is 0 Å². The van der Waals surface area contributed by atoms with Crippen LogP contribution in [0.5, 0.6) is 0 Å². The normalized spacial score (nSPS) is 19.5. The Balaban J connectivity index is 1.62. The highest BCUT2D eigenvalue weighted by molar-refractivity contribution is 6.04. The number of aromatic nitrogens is 2. The number of nitrogens with one attached hydrogen (secondary N) is 1. The van der Waals surface area contributed by atoms with Crippen molar-refractivity contribution < 1.29 is 14.3 Å². The second kappa shape index (κ2) is 5.51. The van der Waals surface area contributed by atoms with Crippen molar-refractivity contribution in [3.63, 3.8) is 0 Å². The van der Waals surface area contributed by atoms with E-state index in [1.54, 1.807) is 36.3 Å². The zero-order valence-corrected chi connectivity index (χ0v) is 12.0. The van der Waals surface area contributed by atoms with E-state index in [1.807, 2.05) is 12.1 Å². The summed E-state index contributed by atoms with van der Waals surface area (Å²) in [7, 11) is 1.78. The molecule has 0 saturated heterocycles. The molecule has 2 atom stereocenters. The number of nitrogens with zero attached hydrogens (tertiary/aromatic N) is 2. The molecule has 2 aromatic rings. The molecule has 1 aliphatic carbocycles. The van der Waals surface area contributed by atoms with Crippen molar-refractivity contribution in [2.75, 3.05) is 5.32 Å². The molecule has 3 N–H and O–H groups in total. The summed E-state index contributed by atoms with van der Waals surface area (Å²) in [6.07, 6.45) is 3.18. The Morgan fingerprint density at radius 2 is 2.09 bits per heavy atom. The Labute approximate surface area is 127 Å². The van der Waals surface area contributed by atoms with E-state index in [1.165, 1.54) is 0 Å². The first kappa shape index (κ1) is 14.1. The van der Waals surface area contributed by atoms with E-state index in [0.29, 0.717) is 11.3 Å². The lowest BCUT2D eigenvalue weighted by atomic mass is 10.1. The number of primary amides is 1. The third-order valence-corrected chi connectivity index (χ3v) is 3.56. The number of nitrogens with two attached hydrogens (primary N) is 1. The van der Waals surface area contributed by atoms with Crippen molar-refractivity contribution in [2.24, 2.45) is 12.8 Å². The minimum Gasteiger partial charge on any atom is -0.446 e. The van der Waals surface area contributed by atoms with Crippen LogP contribution in [0.3, 0.4) is 0 Å². The summed E-state index contributed by atoms with van der Waals surface area (Å²) in [5.74, 6) is -0.0248. The SMILES string of the molecule is Cn1cc(NC(=O)c2ccc(C3CC3OC(N)=O)cc2)cn1. The molecule has 1 aromatic heterocycles. The number of carbonyl (C=O) groups is 2. The highest BCUT2D eigenvalue weighted by Gasteiger charge is 2.41. The smallest absolute Gasteiger partial charge is 0.404 e. The van der Waals surface area contributed by atoms with Gasteiger partial charge in [0.25, 0.3) is 5.91 Å². The molecule has 0 radical (unpaired) electrons. The number of hydrogen-bond donors (Lipinski definition) is 2. The number of ether oxygens (including phenoxy) is 1. The van der Waals surface area contributed by atoms with Gasteiger partial charge in [0.15, 0.2) is 0 Å². The quantitative estimate of drug-likeness (QED) is 0.896. The monoisotopic (exact) mass is 300 g/mol. The molecule has 1 aliphatic rings. The summed E-state index contributed by atoms with van der Waals surface area (Å²) in [5, 5.41) is 6.76. The van der Waals surface area contributed by atoms with Crippen LogP contribution in [0, 0.1) is 0 Å². The van der Waals surface area contributed by atoms with Crippen molar-refractivity contribution in [3.8, 4) is 0 Å². The molecule has 0 bridgehead atoms. The van der Waals surface area contributed by atoms with Crippen molar-refractivity contribution in [2.45, 2.75) is 18.4 Å². The van der Waals surface area contributed by atoms with Gasteiger partial charge in [0.05, 0.1) is 11.9 Å². The third-order valence-electron chi connectivity index (χ3n) is 3.56. The fourth-order valence-corrected chi connectivity index (χ4v) is 2.37. The molecule has 1 heterocycles. The molecule has 3 rings (SSSR count). The van der Waals surface area contributed by atoms with E-state index in [9.17, 15) is 9.59 Å². The minimum absolute atomic E-state index is 0.146. The molecule has 114 valence electrons. The lowest BCUT2D eigenvalue weighted by Gasteiger charge is -2.05. The van der Waals surface area contributed by atoms with Crippen molar-refractivity contribution in [1.29, 1.82) is 0 Å². The van der Waals surface area contributed by atoms with Gasteiger partial charge >= 0.3 is 6.09 Å². The second-order valence-corrected chi connectivity index (χ2v) is 5.30. The molecular formula is C15H16N4O3. The fourth-order valence-electron chi connectivity index (χ4n) is 2.37. The predicted molar refractivity (Wildman–Crippen MR) is 79.4 cm³/mol. The van der Waals surface area contributed by atoms with Gasteiger partial charge in [-0.05, 0) is 24.1 Å². The van der Waals surface area contributed by atoms with Gasteiger partial charge in [0.1, 0.15) is 6.10 Å². The number of anilines is 1. The molecule has 7 heteroatoms. The zero-order valence-electron chi connectivity index (χ0n) is 12.0. The van der Waals surface area contributed by atoms with Crippen LogP contribution in [-0.4, -0.2) is 27.9 Å². The van der Waals surface area contributed by atoms with Gasteiger partial charge in [-0.25, -0.2) is 4.79 Å². The van der Waals surface area contributed by atoms with Gasteiger partial charge in [-0.2, -0.15) is 5.10 Å². The summed E-state index contributed by atoms with van der Waals surface area (Å²) < 4.78 is 6.55. The Kier molecular flexibility index (Phi) is 3.54. The highest BCUT2D eigenvalue weighted by Crippen LogP contribution is 2.43. The summed E-state index contributed by atoms with van der Waals surface area (Å²) in [5.41, 5.74) is 7.23. The van der Waals surface area contributed by atoms with Crippen LogP contribution in [0.15, 0.2) is 36.7 Å². The zero-order chi connectivity index (χ0) is 15.7. The van der Waals surface area contributed by atoms with Crippen LogP contribution in [0.25, 0.3) is 0 Å². The number of amides is 2.